The third kappa shape index (κ3) is 2.60. The number of nitrogens with zero attached hydrogens (tertiary/aromatic N) is 2. The van der Waals surface area contributed by atoms with Gasteiger partial charge in [0.2, 0.25) is 0 Å². The van der Waals surface area contributed by atoms with Gasteiger partial charge in [0, 0.05) is 39.6 Å². The van der Waals surface area contributed by atoms with Crippen molar-refractivity contribution < 1.29 is 9.63 Å². The standard InChI is InChI=1S/C13H22N4O2/c1-14-12(18)11-5-13(19-16-11)3-2-4-17(9-13)8-10-6-15-7-10/h10,15H,2-9H2,1H3,(H,14,18)/t13-/m1/s1. The summed E-state index contributed by atoms with van der Waals surface area (Å²) in [4.78, 5) is 19.7. The molecule has 2 fully saturated rings. The molecule has 0 unspecified atom stereocenters. The molecular weight excluding hydrogens is 244 g/mol. The highest BCUT2D eigenvalue weighted by atomic mass is 16.7. The summed E-state index contributed by atoms with van der Waals surface area (Å²) in [5.74, 6) is 0.660. The van der Waals surface area contributed by atoms with Gasteiger partial charge in [0.15, 0.2) is 5.60 Å². The number of likely N-dealkylation sites (tertiary alicyclic amines) is 1. The zero-order chi connectivity index (χ0) is 13.3. The van der Waals surface area contributed by atoms with E-state index in [0.717, 1.165) is 51.5 Å². The molecule has 0 radical (unpaired) electrons. The highest BCUT2D eigenvalue weighted by molar-refractivity contribution is 6.39. The molecule has 0 aliphatic carbocycles. The molecule has 1 atom stereocenters. The van der Waals surface area contributed by atoms with Crippen LogP contribution in [0.15, 0.2) is 5.16 Å². The minimum absolute atomic E-state index is 0.114. The predicted octanol–water partition coefficient (Wildman–Crippen LogP) is -0.437. The van der Waals surface area contributed by atoms with E-state index in [2.05, 4.69) is 20.7 Å². The smallest absolute Gasteiger partial charge is 0.268 e. The fourth-order valence-electron chi connectivity index (χ4n) is 3.20. The summed E-state index contributed by atoms with van der Waals surface area (Å²) in [5.41, 5.74) is 0.284. The maximum absolute atomic E-state index is 11.6. The number of amides is 1. The molecule has 1 amide bonds. The normalized spacial score (nSPS) is 31.7. The van der Waals surface area contributed by atoms with Crippen LogP contribution in [0.3, 0.4) is 0 Å². The molecule has 0 aromatic heterocycles. The Morgan fingerprint density at radius 2 is 2.47 bits per heavy atom. The quantitative estimate of drug-likeness (QED) is 0.727. The zero-order valence-electron chi connectivity index (χ0n) is 11.4. The molecule has 2 saturated heterocycles. The van der Waals surface area contributed by atoms with Gasteiger partial charge < -0.3 is 15.5 Å². The Hall–Kier alpha value is -1.14. The van der Waals surface area contributed by atoms with E-state index in [4.69, 9.17) is 4.84 Å². The molecule has 0 bridgehead atoms. The minimum Gasteiger partial charge on any atom is -0.387 e. The van der Waals surface area contributed by atoms with Crippen molar-refractivity contribution in [2.24, 2.45) is 11.1 Å². The van der Waals surface area contributed by atoms with Crippen LogP contribution < -0.4 is 10.6 Å². The highest BCUT2D eigenvalue weighted by Gasteiger charge is 2.44. The number of hydrogen-bond donors (Lipinski definition) is 2. The van der Waals surface area contributed by atoms with Crippen LogP contribution in [0.25, 0.3) is 0 Å². The van der Waals surface area contributed by atoms with Crippen molar-refractivity contribution in [2.45, 2.75) is 24.9 Å². The van der Waals surface area contributed by atoms with E-state index in [9.17, 15) is 4.79 Å². The maximum atomic E-state index is 11.6. The summed E-state index contributed by atoms with van der Waals surface area (Å²) in [5, 5.41) is 9.92. The average molecular weight is 266 g/mol. The third-order valence-electron chi connectivity index (χ3n) is 4.33. The number of carbonyl (C=O) groups is 1. The molecule has 3 aliphatic rings. The molecule has 0 aromatic carbocycles. The molecule has 106 valence electrons. The van der Waals surface area contributed by atoms with Gasteiger partial charge in [-0.05, 0) is 25.3 Å². The van der Waals surface area contributed by atoms with Gasteiger partial charge >= 0.3 is 0 Å². The van der Waals surface area contributed by atoms with Crippen molar-refractivity contribution in [3.8, 4) is 0 Å². The molecule has 0 aromatic rings. The van der Waals surface area contributed by atoms with Crippen molar-refractivity contribution in [2.75, 3.05) is 39.8 Å². The number of oxime groups is 1. The number of nitrogens with one attached hydrogen (secondary N) is 2. The van der Waals surface area contributed by atoms with Crippen molar-refractivity contribution in [1.82, 2.24) is 15.5 Å². The molecule has 3 heterocycles. The van der Waals surface area contributed by atoms with Gasteiger partial charge in [0.1, 0.15) is 5.71 Å². The Kier molecular flexibility index (Phi) is 3.45. The largest absolute Gasteiger partial charge is 0.387 e. The van der Waals surface area contributed by atoms with E-state index in [1.165, 1.54) is 0 Å². The van der Waals surface area contributed by atoms with Crippen molar-refractivity contribution >= 4 is 11.6 Å². The van der Waals surface area contributed by atoms with Gasteiger partial charge in [0.05, 0.1) is 0 Å². The second kappa shape index (κ2) is 5.09. The lowest BCUT2D eigenvalue weighted by atomic mass is 9.87. The topological polar surface area (TPSA) is 66.0 Å². The van der Waals surface area contributed by atoms with Crippen LogP contribution in [0.4, 0.5) is 0 Å². The summed E-state index contributed by atoms with van der Waals surface area (Å²) in [6.07, 6.45) is 2.76. The van der Waals surface area contributed by atoms with E-state index in [1.54, 1.807) is 7.05 Å². The first-order chi connectivity index (χ1) is 9.21. The van der Waals surface area contributed by atoms with Gasteiger partial charge in [-0.2, -0.15) is 0 Å². The Balaban J connectivity index is 1.57. The van der Waals surface area contributed by atoms with E-state index in [-0.39, 0.29) is 11.5 Å². The first-order valence-corrected chi connectivity index (χ1v) is 7.11. The van der Waals surface area contributed by atoms with E-state index in [0.29, 0.717) is 12.1 Å². The van der Waals surface area contributed by atoms with Crippen molar-refractivity contribution in [3.63, 3.8) is 0 Å². The molecule has 0 saturated carbocycles. The van der Waals surface area contributed by atoms with Gasteiger partial charge in [-0.25, -0.2) is 0 Å². The molecular formula is C13H22N4O2. The summed E-state index contributed by atoms with van der Waals surface area (Å²) < 4.78 is 0. The summed E-state index contributed by atoms with van der Waals surface area (Å²) in [7, 11) is 1.63. The van der Waals surface area contributed by atoms with Crippen LogP contribution in [0.1, 0.15) is 19.3 Å². The van der Waals surface area contributed by atoms with Gasteiger partial charge in [0.25, 0.3) is 5.91 Å². The lowest BCUT2D eigenvalue weighted by molar-refractivity contribution is -0.114. The SMILES string of the molecule is CNC(=O)C1=NO[C@]2(CCCN(CC3CNC3)C2)C1. The number of rotatable bonds is 3. The monoisotopic (exact) mass is 266 g/mol. The van der Waals surface area contributed by atoms with Crippen molar-refractivity contribution in [3.05, 3.63) is 0 Å². The van der Waals surface area contributed by atoms with Crippen LogP contribution >= 0.6 is 0 Å². The molecule has 1 spiro atoms. The third-order valence-corrected chi connectivity index (χ3v) is 4.33. The number of hydrogen-bond acceptors (Lipinski definition) is 5. The lowest BCUT2D eigenvalue weighted by Crippen LogP contribution is -2.54. The summed E-state index contributed by atoms with van der Waals surface area (Å²) >= 11 is 0. The highest BCUT2D eigenvalue weighted by Crippen LogP contribution is 2.33. The second-order valence-electron chi connectivity index (χ2n) is 5.93. The molecule has 6 nitrogen and oxygen atoms in total. The number of piperidine rings is 1. The van der Waals surface area contributed by atoms with Crippen LogP contribution in [0.2, 0.25) is 0 Å². The van der Waals surface area contributed by atoms with E-state index in [1.807, 2.05) is 0 Å². The Bertz CT molecular complexity index is 394. The molecule has 3 aliphatic heterocycles. The Morgan fingerprint density at radius 3 is 3.16 bits per heavy atom. The molecule has 2 N–H and O–H groups in total. The number of carbonyl (C=O) groups excluding carboxylic acids is 1. The lowest BCUT2D eigenvalue weighted by Gasteiger charge is -2.41. The predicted molar refractivity (Wildman–Crippen MR) is 72.0 cm³/mol. The molecule has 19 heavy (non-hydrogen) atoms. The van der Waals surface area contributed by atoms with Crippen LogP contribution in [0.5, 0.6) is 0 Å². The van der Waals surface area contributed by atoms with Crippen LogP contribution in [-0.4, -0.2) is 61.9 Å². The Morgan fingerprint density at radius 1 is 1.63 bits per heavy atom. The minimum atomic E-state index is -0.253. The summed E-state index contributed by atoms with van der Waals surface area (Å²) in [6.45, 7) is 5.42. The van der Waals surface area contributed by atoms with E-state index >= 15 is 0 Å². The Labute approximate surface area is 113 Å². The fourth-order valence-corrected chi connectivity index (χ4v) is 3.20. The van der Waals surface area contributed by atoms with Gasteiger partial charge in [-0.15, -0.1) is 0 Å². The van der Waals surface area contributed by atoms with Crippen LogP contribution in [0, 0.1) is 5.92 Å². The average Bonchev–Trinajstić information content (AvgIpc) is 2.77. The zero-order valence-corrected chi connectivity index (χ0v) is 11.4. The fraction of sp³-hybridized carbons (Fsp3) is 0.846. The first kappa shape index (κ1) is 12.9. The first-order valence-electron chi connectivity index (χ1n) is 7.11. The molecule has 3 rings (SSSR count). The molecule has 6 heteroatoms. The summed E-state index contributed by atoms with van der Waals surface area (Å²) in [6, 6.07) is 0. The van der Waals surface area contributed by atoms with Gasteiger partial charge in [-0.1, -0.05) is 5.16 Å². The van der Waals surface area contributed by atoms with E-state index < -0.39 is 0 Å². The maximum Gasteiger partial charge on any atom is 0.268 e. The second-order valence-corrected chi connectivity index (χ2v) is 5.93. The van der Waals surface area contributed by atoms with Crippen LogP contribution in [-0.2, 0) is 9.63 Å². The van der Waals surface area contributed by atoms with Crippen molar-refractivity contribution in [1.29, 1.82) is 0 Å². The van der Waals surface area contributed by atoms with Gasteiger partial charge in [-0.3, -0.25) is 9.69 Å².